The van der Waals surface area contributed by atoms with Crippen LogP contribution in [0.15, 0.2) is 30.3 Å². The smallest absolute Gasteiger partial charge is 0.0367 e. The van der Waals surface area contributed by atoms with Crippen LogP contribution in [0.3, 0.4) is 0 Å². The fourth-order valence-electron chi connectivity index (χ4n) is 3.34. The van der Waals surface area contributed by atoms with Crippen LogP contribution in [0.1, 0.15) is 26.7 Å². The summed E-state index contributed by atoms with van der Waals surface area (Å²) in [7, 11) is 0. The van der Waals surface area contributed by atoms with E-state index in [1.807, 2.05) is 0 Å². The van der Waals surface area contributed by atoms with Crippen molar-refractivity contribution in [3.8, 4) is 0 Å². The van der Waals surface area contributed by atoms with E-state index in [9.17, 15) is 0 Å². The summed E-state index contributed by atoms with van der Waals surface area (Å²) in [6.45, 7) is 9.88. The summed E-state index contributed by atoms with van der Waals surface area (Å²) in [4.78, 5) is 5.08. The Morgan fingerprint density at radius 2 is 1.75 bits per heavy atom. The summed E-state index contributed by atoms with van der Waals surface area (Å²) in [6.07, 6.45) is 2.53. The van der Waals surface area contributed by atoms with Gasteiger partial charge >= 0.3 is 0 Å². The van der Waals surface area contributed by atoms with Crippen LogP contribution in [0.4, 0.5) is 5.69 Å². The zero-order chi connectivity index (χ0) is 14.4. The molecule has 1 saturated heterocycles. The van der Waals surface area contributed by atoms with E-state index in [2.05, 4.69) is 54.0 Å². The molecule has 2 rings (SSSR count). The molecule has 2 unspecified atom stereocenters. The average Bonchev–Trinajstić information content (AvgIpc) is 2.50. The van der Waals surface area contributed by atoms with Gasteiger partial charge in [-0.15, -0.1) is 0 Å². The molecule has 0 radical (unpaired) electrons. The van der Waals surface area contributed by atoms with Gasteiger partial charge in [0.05, 0.1) is 0 Å². The number of benzene rings is 1. The fraction of sp³-hybridized carbons (Fsp3) is 0.647. The van der Waals surface area contributed by atoms with Gasteiger partial charge in [0.2, 0.25) is 0 Å². The minimum Gasteiger partial charge on any atom is -0.369 e. The maximum atomic E-state index is 6.03. The van der Waals surface area contributed by atoms with Gasteiger partial charge in [-0.2, -0.15) is 0 Å². The third-order valence-corrected chi connectivity index (χ3v) is 4.55. The van der Waals surface area contributed by atoms with E-state index >= 15 is 0 Å². The average molecular weight is 275 g/mol. The predicted molar refractivity (Wildman–Crippen MR) is 87.1 cm³/mol. The molecule has 1 heterocycles. The van der Waals surface area contributed by atoms with Crippen LogP contribution in [0.2, 0.25) is 0 Å². The van der Waals surface area contributed by atoms with Crippen LogP contribution >= 0.6 is 0 Å². The molecule has 0 aromatic heterocycles. The Bertz CT molecular complexity index is 371. The monoisotopic (exact) mass is 275 g/mol. The number of anilines is 1. The second-order valence-corrected chi connectivity index (χ2v) is 5.93. The van der Waals surface area contributed by atoms with E-state index in [0.29, 0.717) is 12.0 Å². The summed E-state index contributed by atoms with van der Waals surface area (Å²) >= 11 is 0. The van der Waals surface area contributed by atoms with Gasteiger partial charge in [0.25, 0.3) is 0 Å². The highest BCUT2D eigenvalue weighted by molar-refractivity contribution is 5.46. The van der Waals surface area contributed by atoms with E-state index in [4.69, 9.17) is 5.73 Å². The maximum absolute atomic E-state index is 6.03. The lowest BCUT2D eigenvalue weighted by atomic mass is 9.95. The molecule has 0 aliphatic carbocycles. The molecule has 0 saturated carbocycles. The first-order chi connectivity index (χ1) is 9.76. The van der Waals surface area contributed by atoms with Gasteiger partial charge in [-0.05, 0) is 24.5 Å². The zero-order valence-corrected chi connectivity index (χ0v) is 13.0. The first kappa shape index (κ1) is 15.3. The van der Waals surface area contributed by atoms with Crippen LogP contribution in [0.5, 0.6) is 0 Å². The van der Waals surface area contributed by atoms with E-state index in [1.165, 1.54) is 18.5 Å². The second kappa shape index (κ2) is 7.65. The SMILES string of the molecule is CCCC(C)C(CN)N1CCN(c2ccccc2)CC1. The summed E-state index contributed by atoms with van der Waals surface area (Å²) < 4.78 is 0. The Morgan fingerprint density at radius 3 is 2.30 bits per heavy atom. The number of rotatable bonds is 6. The van der Waals surface area contributed by atoms with E-state index in [1.54, 1.807) is 0 Å². The summed E-state index contributed by atoms with van der Waals surface area (Å²) in [5.74, 6) is 0.702. The number of nitrogens with zero attached hydrogens (tertiary/aromatic N) is 2. The molecule has 1 aliphatic rings. The molecular formula is C17H29N3. The van der Waals surface area contributed by atoms with Crippen molar-refractivity contribution in [2.45, 2.75) is 32.7 Å². The maximum Gasteiger partial charge on any atom is 0.0367 e. The minimum absolute atomic E-state index is 0.549. The highest BCUT2D eigenvalue weighted by atomic mass is 15.3. The Balaban J connectivity index is 1.90. The van der Waals surface area contributed by atoms with Crippen LogP contribution in [-0.2, 0) is 0 Å². The number of para-hydroxylation sites is 1. The highest BCUT2D eigenvalue weighted by Crippen LogP contribution is 2.20. The largest absolute Gasteiger partial charge is 0.369 e. The topological polar surface area (TPSA) is 32.5 Å². The number of nitrogens with two attached hydrogens (primary N) is 1. The molecule has 1 aliphatic heterocycles. The normalized spacial score (nSPS) is 19.9. The van der Waals surface area contributed by atoms with Crippen LogP contribution in [0, 0.1) is 5.92 Å². The number of piperazine rings is 1. The third kappa shape index (κ3) is 3.74. The van der Waals surface area contributed by atoms with Crippen molar-refractivity contribution >= 4 is 5.69 Å². The Morgan fingerprint density at radius 1 is 1.10 bits per heavy atom. The first-order valence-electron chi connectivity index (χ1n) is 8.00. The third-order valence-electron chi connectivity index (χ3n) is 4.55. The van der Waals surface area contributed by atoms with Gasteiger partial charge in [0, 0.05) is 44.5 Å². The Labute approximate surface area is 123 Å². The summed E-state index contributed by atoms with van der Waals surface area (Å²) in [5.41, 5.74) is 7.37. The molecule has 2 N–H and O–H groups in total. The molecule has 20 heavy (non-hydrogen) atoms. The second-order valence-electron chi connectivity index (χ2n) is 5.93. The van der Waals surface area contributed by atoms with E-state index < -0.39 is 0 Å². The number of hydrogen-bond acceptors (Lipinski definition) is 3. The van der Waals surface area contributed by atoms with Crippen molar-refractivity contribution in [1.82, 2.24) is 4.90 Å². The van der Waals surface area contributed by atoms with Gasteiger partial charge < -0.3 is 10.6 Å². The summed E-state index contributed by atoms with van der Waals surface area (Å²) in [5, 5.41) is 0. The first-order valence-corrected chi connectivity index (χ1v) is 8.00. The number of hydrogen-bond donors (Lipinski definition) is 1. The van der Waals surface area contributed by atoms with Crippen molar-refractivity contribution in [1.29, 1.82) is 0 Å². The van der Waals surface area contributed by atoms with Crippen LogP contribution in [-0.4, -0.2) is 43.7 Å². The van der Waals surface area contributed by atoms with Crippen LogP contribution in [0.25, 0.3) is 0 Å². The predicted octanol–water partition coefficient (Wildman–Crippen LogP) is 2.57. The lowest BCUT2D eigenvalue weighted by molar-refractivity contribution is 0.139. The molecule has 0 spiro atoms. The van der Waals surface area contributed by atoms with E-state index in [0.717, 1.165) is 32.7 Å². The molecule has 112 valence electrons. The Hall–Kier alpha value is -1.06. The molecule has 0 amide bonds. The zero-order valence-electron chi connectivity index (χ0n) is 13.0. The van der Waals surface area contributed by atoms with Crippen molar-refractivity contribution in [2.24, 2.45) is 11.7 Å². The molecule has 1 fully saturated rings. The van der Waals surface area contributed by atoms with Gasteiger partial charge in [0.1, 0.15) is 0 Å². The van der Waals surface area contributed by atoms with Crippen molar-refractivity contribution in [3.05, 3.63) is 30.3 Å². The molecular weight excluding hydrogens is 246 g/mol. The van der Waals surface area contributed by atoms with Crippen LogP contribution < -0.4 is 10.6 Å². The van der Waals surface area contributed by atoms with Gasteiger partial charge in [-0.1, -0.05) is 38.5 Å². The highest BCUT2D eigenvalue weighted by Gasteiger charge is 2.26. The van der Waals surface area contributed by atoms with Gasteiger partial charge in [-0.3, -0.25) is 4.90 Å². The lowest BCUT2D eigenvalue weighted by Gasteiger charge is -2.42. The van der Waals surface area contributed by atoms with Gasteiger partial charge in [-0.25, -0.2) is 0 Å². The Kier molecular flexibility index (Phi) is 5.86. The van der Waals surface area contributed by atoms with E-state index in [-0.39, 0.29) is 0 Å². The molecule has 2 atom stereocenters. The molecule has 3 nitrogen and oxygen atoms in total. The molecule has 0 bridgehead atoms. The standard InChI is InChI=1S/C17H29N3/c1-3-7-15(2)17(14-18)20-12-10-19(11-13-20)16-8-5-4-6-9-16/h4-6,8-9,15,17H,3,7,10-14,18H2,1-2H3. The molecule has 3 heteroatoms. The van der Waals surface area contributed by atoms with Gasteiger partial charge in [0.15, 0.2) is 0 Å². The van der Waals surface area contributed by atoms with Crippen molar-refractivity contribution < 1.29 is 0 Å². The molecule has 1 aromatic rings. The fourth-order valence-corrected chi connectivity index (χ4v) is 3.34. The lowest BCUT2D eigenvalue weighted by Crippen LogP contribution is -2.54. The van der Waals surface area contributed by atoms with Crippen molar-refractivity contribution in [2.75, 3.05) is 37.6 Å². The molecule has 1 aromatic carbocycles. The minimum atomic E-state index is 0.549. The van der Waals surface area contributed by atoms with Crippen molar-refractivity contribution in [3.63, 3.8) is 0 Å². The quantitative estimate of drug-likeness (QED) is 0.866. The summed E-state index contributed by atoms with van der Waals surface area (Å²) in [6, 6.07) is 11.3.